The molecule has 1 amide bonds. The number of benzene rings is 2. The van der Waals surface area contributed by atoms with Crippen LogP contribution in [0.2, 0.25) is 0 Å². The summed E-state index contributed by atoms with van der Waals surface area (Å²) in [5.74, 6) is 1.07. The number of halogens is 1. The second-order valence-electron chi connectivity index (χ2n) is 5.68. The Balaban J connectivity index is 1.53. The number of anilines is 1. The highest BCUT2D eigenvalue weighted by atomic mass is 79.9. The minimum Gasteiger partial charge on any atom is -0.455 e. The number of amides is 1. The van der Waals surface area contributed by atoms with E-state index in [-0.39, 0.29) is 12.5 Å². The lowest BCUT2D eigenvalue weighted by Gasteiger charge is -2.04. The van der Waals surface area contributed by atoms with Crippen LogP contribution in [-0.4, -0.2) is 18.7 Å². The van der Waals surface area contributed by atoms with Crippen LogP contribution in [0.1, 0.15) is 11.3 Å². The van der Waals surface area contributed by atoms with Crippen LogP contribution in [0.3, 0.4) is 0 Å². The fourth-order valence-corrected chi connectivity index (χ4v) is 2.65. The summed E-state index contributed by atoms with van der Waals surface area (Å²) in [4.78, 5) is 11.8. The van der Waals surface area contributed by atoms with Crippen molar-refractivity contribution in [2.45, 2.75) is 6.92 Å². The van der Waals surface area contributed by atoms with Crippen LogP contribution in [0.4, 0.5) is 5.69 Å². The molecule has 3 aromatic rings. The van der Waals surface area contributed by atoms with Gasteiger partial charge in [-0.1, -0.05) is 46.3 Å². The Hall–Kier alpha value is -2.86. The van der Waals surface area contributed by atoms with Gasteiger partial charge in [-0.05, 0) is 42.8 Å². The third-order valence-electron chi connectivity index (χ3n) is 3.69. The molecule has 0 aliphatic carbocycles. The molecule has 0 saturated heterocycles. The van der Waals surface area contributed by atoms with Crippen LogP contribution < -0.4 is 10.7 Å². The summed E-state index contributed by atoms with van der Waals surface area (Å²) in [6.07, 6.45) is 1.48. The normalized spacial score (nSPS) is 10.8. The Morgan fingerprint density at radius 3 is 2.73 bits per heavy atom. The van der Waals surface area contributed by atoms with Crippen molar-refractivity contribution in [2.75, 3.05) is 11.9 Å². The lowest BCUT2D eigenvalue weighted by Crippen LogP contribution is -2.25. The fraction of sp³-hybridized carbons (Fsp3) is 0.100. The van der Waals surface area contributed by atoms with Gasteiger partial charge in [0.1, 0.15) is 11.5 Å². The number of nitrogens with zero attached hydrogens (tertiary/aromatic N) is 1. The van der Waals surface area contributed by atoms with Gasteiger partial charge < -0.3 is 9.73 Å². The predicted octanol–water partition coefficient (Wildman–Crippen LogP) is 4.58. The molecule has 5 nitrogen and oxygen atoms in total. The zero-order chi connectivity index (χ0) is 18.4. The first-order chi connectivity index (χ1) is 12.6. The fourth-order valence-electron chi connectivity index (χ4n) is 2.27. The number of carbonyl (C=O) groups is 1. The molecule has 2 aromatic carbocycles. The summed E-state index contributed by atoms with van der Waals surface area (Å²) in [6.45, 7) is 2.17. The van der Waals surface area contributed by atoms with Gasteiger partial charge in [-0.15, -0.1) is 0 Å². The van der Waals surface area contributed by atoms with Gasteiger partial charge in [0.25, 0.3) is 5.91 Å². The Morgan fingerprint density at radius 2 is 1.96 bits per heavy atom. The number of carbonyl (C=O) groups excluding carboxylic acids is 1. The van der Waals surface area contributed by atoms with Crippen LogP contribution >= 0.6 is 15.9 Å². The van der Waals surface area contributed by atoms with Gasteiger partial charge in [-0.3, -0.25) is 4.79 Å². The Kier molecular flexibility index (Phi) is 5.86. The lowest BCUT2D eigenvalue weighted by atomic mass is 10.1. The van der Waals surface area contributed by atoms with Crippen LogP contribution in [0.25, 0.3) is 11.3 Å². The molecule has 0 atom stereocenters. The highest BCUT2D eigenvalue weighted by Crippen LogP contribution is 2.26. The maximum absolute atomic E-state index is 11.8. The number of hydrogen-bond acceptors (Lipinski definition) is 4. The van der Waals surface area contributed by atoms with Gasteiger partial charge in [-0.25, -0.2) is 5.43 Å². The summed E-state index contributed by atoms with van der Waals surface area (Å²) in [7, 11) is 0. The van der Waals surface area contributed by atoms with Crippen LogP contribution in [0.5, 0.6) is 0 Å². The molecule has 3 rings (SSSR count). The molecular formula is C20H18BrN3O2. The first-order valence-electron chi connectivity index (χ1n) is 8.09. The molecule has 2 N–H and O–H groups in total. The second-order valence-corrected chi connectivity index (χ2v) is 6.53. The zero-order valence-electron chi connectivity index (χ0n) is 14.2. The predicted molar refractivity (Wildman–Crippen MR) is 107 cm³/mol. The summed E-state index contributed by atoms with van der Waals surface area (Å²) < 4.78 is 6.77. The van der Waals surface area contributed by atoms with E-state index in [2.05, 4.69) is 31.8 Å². The number of para-hydroxylation sites is 1. The van der Waals surface area contributed by atoms with Gasteiger partial charge in [0.15, 0.2) is 0 Å². The maximum Gasteiger partial charge on any atom is 0.259 e. The molecule has 26 heavy (non-hydrogen) atoms. The zero-order valence-corrected chi connectivity index (χ0v) is 15.8. The third kappa shape index (κ3) is 4.83. The van der Waals surface area contributed by atoms with E-state index in [1.807, 2.05) is 61.5 Å². The molecule has 6 heteroatoms. The molecule has 1 heterocycles. The molecular weight excluding hydrogens is 394 g/mol. The van der Waals surface area contributed by atoms with Crippen molar-refractivity contribution in [2.24, 2.45) is 5.10 Å². The second kappa shape index (κ2) is 8.49. The molecule has 0 aliphatic heterocycles. The van der Waals surface area contributed by atoms with Crippen molar-refractivity contribution < 1.29 is 9.21 Å². The molecule has 0 aliphatic rings. The van der Waals surface area contributed by atoms with Gasteiger partial charge in [-0.2, -0.15) is 5.10 Å². The average molecular weight is 412 g/mol. The van der Waals surface area contributed by atoms with Crippen LogP contribution in [0, 0.1) is 6.92 Å². The number of furan rings is 1. The number of hydrazone groups is 1. The molecule has 0 bridgehead atoms. The first-order valence-corrected chi connectivity index (χ1v) is 8.88. The van der Waals surface area contributed by atoms with Gasteiger partial charge in [0.05, 0.1) is 12.8 Å². The van der Waals surface area contributed by atoms with E-state index in [9.17, 15) is 4.79 Å². The highest BCUT2D eigenvalue weighted by molar-refractivity contribution is 9.10. The minimum atomic E-state index is -0.237. The highest BCUT2D eigenvalue weighted by Gasteiger charge is 2.05. The summed E-state index contributed by atoms with van der Waals surface area (Å²) in [5.41, 5.74) is 5.48. The first kappa shape index (κ1) is 17.9. The number of nitrogens with one attached hydrogen (secondary N) is 2. The van der Waals surface area contributed by atoms with Gasteiger partial charge in [0, 0.05) is 15.7 Å². The minimum absolute atomic E-state index is 0.141. The molecule has 0 fully saturated rings. The number of hydrogen-bond donors (Lipinski definition) is 2. The molecule has 0 spiro atoms. The smallest absolute Gasteiger partial charge is 0.259 e. The van der Waals surface area contributed by atoms with Crippen molar-refractivity contribution in [3.8, 4) is 11.3 Å². The summed E-state index contributed by atoms with van der Waals surface area (Å²) in [5, 5.41) is 6.94. The standard InChI is InChI=1S/C20H18BrN3O2/c1-14-7-8-15(11-18(14)21)19-10-9-17(26-19)12-23-24-20(25)13-22-16-5-3-2-4-6-16/h2-12,22H,13H2,1H3,(H,24,25)/b23-12-. The topological polar surface area (TPSA) is 66.6 Å². The van der Waals surface area contributed by atoms with E-state index in [1.165, 1.54) is 6.21 Å². The molecule has 0 unspecified atom stereocenters. The molecule has 0 radical (unpaired) electrons. The van der Waals surface area contributed by atoms with E-state index in [4.69, 9.17) is 4.42 Å². The van der Waals surface area contributed by atoms with E-state index >= 15 is 0 Å². The lowest BCUT2D eigenvalue weighted by molar-refractivity contribution is -0.119. The van der Waals surface area contributed by atoms with Crippen LogP contribution in [-0.2, 0) is 4.79 Å². The summed E-state index contributed by atoms with van der Waals surface area (Å²) >= 11 is 3.52. The van der Waals surface area contributed by atoms with Crippen molar-refractivity contribution in [3.05, 3.63) is 76.5 Å². The number of rotatable bonds is 6. The summed E-state index contributed by atoms with van der Waals surface area (Å²) in [6, 6.07) is 19.2. The maximum atomic E-state index is 11.8. The van der Waals surface area contributed by atoms with Crippen molar-refractivity contribution >= 4 is 33.7 Å². The molecule has 1 aromatic heterocycles. The van der Waals surface area contributed by atoms with Crippen molar-refractivity contribution in [1.82, 2.24) is 5.43 Å². The Labute approximate surface area is 160 Å². The van der Waals surface area contributed by atoms with E-state index in [0.29, 0.717) is 5.76 Å². The van der Waals surface area contributed by atoms with Crippen molar-refractivity contribution in [3.63, 3.8) is 0 Å². The van der Waals surface area contributed by atoms with Crippen LogP contribution in [0.15, 0.2) is 74.7 Å². The Bertz CT molecular complexity index is 920. The van der Waals surface area contributed by atoms with E-state index in [0.717, 1.165) is 27.0 Å². The quantitative estimate of drug-likeness (QED) is 0.460. The molecule has 0 saturated carbocycles. The monoisotopic (exact) mass is 411 g/mol. The largest absolute Gasteiger partial charge is 0.455 e. The van der Waals surface area contributed by atoms with E-state index in [1.54, 1.807) is 6.07 Å². The average Bonchev–Trinajstić information content (AvgIpc) is 3.12. The van der Waals surface area contributed by atoms with Gasteiger partial charge >= 0.3 is 0 Å². The molecule has 132 valence electrons. The van der Waals surface area contributed by atoms with E-state index < -0.39 is 0 Å². The van der Waals surface area contributed by atoms with Crippen molar-refractivity contribution in [1.29, 1.82) is 0 Å². The SMILES string of the molecule is Cc1ccc(-c2ccc(/C=N\NC(=O)CNc3ccccc3)o2)cc1Br. The number of aryl methyl sites for hydroxylation is 1. The third-order valence-corrected chi connectivity index (χ3v) is 4.55. The van der Waals surface area contributed by atoms with Gasteiger partial charge in [0.2, 0.25) is 0 Å². The Morgan fingerprint density at radius 1 is 1.15 bits per heavy atom.